The number of hydrogen-bond donors (Lipinski definition) is 0. The summed E-state index contributed by atoms with van der Waals surface area (Å²) in [7, 11) is 1.43. The first-order valence-electron chi connectivity index (χ1n) is 3.34. The van der Waals surface area contributed by atoms with Crippen LogP contribution in [0.25, 0.3) is 4.98 Å². The molecule has 68 valence electrons. The molecule has 0 radical (unpaired) electrons. The maximum atomic E-state index is 10.3. The number of hydrogen-bond acceptors (Lipinski definition) is 3. The second kappa shape index (κ2) is 5.28. The monoisotopic (exact) mass is 198 g/mol. The van der Waals surface area contributed by atoms with Gasteiger partial charge in [-0.05, 0) is 6.08 Å². The summed E-state index contributed by atoms with van der Waals surface area (Å²) in [6.07, 6.45) is 4.13. The van der Waals surface area contributed by atoms with E-state index in [1.807, 2.05) is 0 Å². The first-order valence-corrected chi connectivity index (χ1v) is 3.34. The maximum absolute atomic E-state index is 10.3. The summed E-state index contributed by atoms with van der Waals surface area (Å²) in [5.74, 6) is 1.71. The van der Waals surface area contributed by atoms with Gasteiger partial charge >= 0.3 is 5.70 Å². The third kappa shape index (κ3) is 2.27. The van der Waals surface area contributed by atoms with E-state index in [9.17, 15) is 4.79 Å². The lowest BCUT2D eigenvalue weighted by Crippen LogP contribution is -3.00. The molecule has 5 heteroatoms. The van der Waals surface area contributed by atoms with Crippen molar-refractivity contribution in [3.05, 3.63) is 34.5 Å². The van der Waals surface area contributed by atoms with Gasteiger partial charge in [0.25, 0.3) is 0 Å². The molecule has 1 unspecified atom stereocenters. The Hall–Kier alpha value is -1.40. The average molecular weight is 199 g/mol. The number of carbonyl (C=O) groups excluding carboxylic acids is 1. The minimum absolute atomic E-state index is 0. The summed E-state index contributed by atoms with van der Waals surface area (Å²) >= 11 is 0. The SMILES string of the molecule is COC1C(=C=O)C=CC=C1[N+]#N.[Cl-]. The van der Waals surface area contributed by atoms with Crippen molar-refractivity contribution < 1.29 is 21.9 Å². The van der Waals surface area contributed by atoms with Gasteiger partial charge in [-0.3, -0.25) is 0 Å². The van der Waals surface area contributed by atoms with Crippen molar-refractivity contribution in [3.63, 3.8) is 0 Å². The van der Waals surface area contributed by atoms with Crippen molar-refractivity contribution in [1.82, 2.24) is 0 Å². The van der Waals surface area contributed by atoms with E-state index in [0.29, 0.717) is 11.3 Å². The normalized spacial score (nSPS) is 19.5. The van der Waals surface area contributed by atoms with Crippen LogP contribution in [0.3, 0.4) is 0 Å². The Morgan fingerprint density at radius 2 is 2.38 bits per heavy atom. The Morgan fingerprint density at radius 3 is 2.85 bits per heavy atom. The Morgan fingerprint density at radius 1 is 1.69 bits per heavy atom. The molecule has 13 heavy (non-hydrogen) atoms. The minimum atomic E-state index is -0.600. The van der Waals surface area contributed by atoms with E-state index in [2.05, 4.69) is 4.98 Å². The zero-order valence-corrected chi connectivity index (χ0v) is 7.65. The highest BCUT2D eigenvalue weighted by Gasteiger charge is 2.30. The lowest BCUT2D eigenvalue weighted by Gasteiger charge is -2.07. The van der Waals surface area contributed by atoms with Gasteiger partial charge in [-0.2, -0.15) is 0 Å². The highest BCUT2D eigenvalue weighted by Crippen LogP contribution is 2.20. The van der Waals surface area contributed by atoms with Crippen LogP contribution in [0.2, 0.25) is 0 Å². The van der Waals surface area contributed by atoms with Crippen LogP contribution in [-0.2, 0) is 9.53 Å². The van der Waals surface area contributed by atoms with Gasteiger partial charge in [0, 0.05) is 13.2 Å². The zero-order chi connectivity index (χ0) is 8.97. The van der Waals surface area contributed by atoms with E-state index in [1.165, 1.54) is 7.11 Å². The molecule has 0 fully saturated rings. The molecule has 0 aromatic heterocycles. The average Bonchev–Trinajstić information content (AvgIpc) is 2.16. The molecule has 0 aromatic rings. The second-order valence-corrected chi connectivity index (χ2v) is 2.22. The number of methoxy groups -OCH3 is 1. The van der Waals surface area contributed by atoms with Crippen LogP contribution in [0.5, 0.6) is 0 Å². The molecule has 0 saturated heterocycles. The number of allylic oxidation sites excluding steroid dienone is 2. The molecule has 0 N–H and O–H groups in total. The van der Waals surface area contributed by atoms with Gasteiger partial charge in [0.2, 0.25) is 5.39 Å². The van der Waals surface area contributed by atoms with E-state index in [-0.39, 0.29) is 12.4 Å². The Bertz CT molecular complexity index is 335. The molecule has 4 nitrogen and oxygen atoms in total. The quantitative estimate of drug-likeness (QED) is 0.364. The van der Waals surface area contributed by atoms with Crippen molar-refractivity contribution >= 4 is 5.94 Å². The first kappa shape index (κ1) is 11.6. The Kier molecular flexibility index (Phi) is 4.71. The third-order valence-electron chi connectivity index (χ3n) is 1.56. The molecule has 0 aliphatic heterocycles. The number of ether oxygens (including phenoxy) is 1. The van der Waals surface area contributed by atoms with Crippen molar-refractivity contribution in [3.8, 4) is 0 Å². The largest absolute Gasteiger partial charge is 1.00 e. The molecule has 1 aliphatic rings. The van der Waals surface area contributed by atoms with E-state index in [0.717, 1.165) is 0 Å². The van der Waals surface area contributed by atoms with E-state index in [4.69, 9.17) is 10.1 Å². The molecule has 0 spiro atoms. The molecule has 0 heterocycles. The fourth-order valence-electron chi connectivity index (χ4n) is 1.01. The fraction of sp³-hybridized carbons (Fsp3) is 0.250. The molecule has 0 bridgehead atoms. The third-order valence-corrected chi connectivity index (χ3v) is 1.56. The van der Waals surface area contributed by atoms with Crippen LogP contribution < -0.4 is 12.4 Å². The maximum Gasteiger partial charge on any atom is 0.395 e. The van der Waals surface area contributed by atoms with Crippen LogP contribution in [0.4, 0.5) is 0 Å². The molecular weight excluding hydrogens is 192 g/mol. The van der Waals surface area contributed by atoms with Crippen LogP contribution in [-0.4, -0.2) is 19.2 Å². The van der Waals surface area contributed by atoms with Crippen molar-refractivity contribution in [2.75, 3.05) is 7.11 Å². The lowest BCUT2D eigenvalue weighted by molar-refractivity contribution is -0.00000421. The molecule has 1 aliphatic carbocycles. The number of diazo groups is 1. The van der Waals surface area contributed by atoms with E-state index >= 15 is 0 Å². The van der Waals surface area contributed by atoms with Crippen molar-refractivity contribution in [2.24, 2.45) is 0 Å². The summed E-state index contributed by atoms with van der Waals surface area (Å²) in [5, 5.41) is 8.51. The van der Waals surface area contributed by atoms with Crippen LogP contribution in [0, 0.1) is 5.39 Å². The van der Waals surface area contributed by atoms with Gasteiger partial charge in [0.15, 0.2) is 11.1 Å². The van der Waals surface area contributed by atoms with E-state index in [1.54, 1.807) is 24.2 Å². The number of halogens is 1. The van der Waals surface area contributed by atoms with Gasteiger partial charge in [-0.1, -0.05) is 6.08 Å². The summed E-state index contributed by atoms with van der Waals surface area (Å²) in [4.78, 5) is 13.3. The van der Waals surface area contributed by atoms with Gasteiger partial charge in [-0.15, -0.1) is 0 Å². The van der Waals surface area contributed by atoms with Gasteiger partial charge in [0.1, 0.15) is 5.94 Å². The van der Waals surface area contributed by atoms with E-state index < -0.39 is 6.10 Å². The van der Waals surface area contributed by atoms with Crippen molar-refractivity contribution in [1.29, 1.82) is 5.39 Å². The molecule has 0 aromatic carbocycles. The van der Waals surface area contributed by atoms with Gasteiger partial charge in [0.05, 0.1) is 5.57 Å². The second-order valence-electron chi connectivity index (χ2n) is 2.22. The standard InChI is InChI=1S/C8H7N2O2.ClH/c1-12-8-6(5-11)3-2-4-7(8)10-9;/h2-4,8H,1H3;1H/q+1;/p-1. The predicted octanol–water partition coefficient (Wildman–Crippen LogP) is -1.93. The summed E-state index contributed by atoms with van der Waals surface area (Å²) < 4.78 is 4.93. The Balaban J connectivity index is 0.00000144. The van der Waals surface area contributed by atoms with Crippen LogP contribution in [0.15, 0.2) is 29.5 Å². The number of rotatable bonds is 1. The smallest absolute Gasteiger partial charge is 0.395 e. The molecule has 1 atom stereocenters. The first-order chi connectivity index (χ1) is 5.83. The van der Waals surface area contributed by atoms with Crippen LogP contribution >= 0.6 is 0 Å². The molecular formula is C8H7ClN2O2. The van der Waals surface area contributed by atoms with Gasteiger partial charge in [-0.25, -0.2) is 4.79 Å². The topological polar surface area (TPSA) is 54.5 Å². The molecule has 0 saturated carbocycles. The lowest BCUT2D eigenvalue weighted by atomic mass is 10.0. The van der Waals surface area contributed by atoms with Crippen LogP contribution in [0.1, 0.15) is 0 Å². The highest BCUT2D eigenvalue weighted by molar-refractivity contribution is 5.63. The molecule has 1 rings (SSSR count). The highest BCUT2D eigenvalue weighted by atomic mass is 35.5. The summed E-state index contributed by atoms with van der Waals surface area (Å²) in [6, 6.07) is 0. The number of nitrogens with zero attached hydrogens (tertiary/aromatic N) is 2. The Labute approximate surface area is 81.6 Å². The minimum Gasteiger partial charge on any atom is -1.00 e. The zero-order valence-electron chi connectivity index (χ0n) is 6.90. The fourth-order valence-corrected chi connectivity index (χ4v) is 1.01. The molecule has 0 amide bonds. The predicted molar refractivity (Wildman–Crippen MR) is 42.3 cm³/mol. The summed E-state index contributed by atoms with van der Waals surface area (Å²) in [5.41, 5.74) is 0.631. The van der Waals surface area contributed by atoms with Gasteiger partial charge < -0.3 is 17.1 Å². The van der Waals surface area contributed by atoms with Crippen molar-refractivity contribution in [2.45, 2.75) is 6.10 Å². The summed E-state index contributed by atoms with van der Waals surface area (Å²) in [6.45, 7) is 0.